The SMILES string of the molecule is CC1(C)OC[C@](C)(/C=N/O)O1. The van der Waals surface area contributed by atoms with Crippen LogP contribution in [0.15, 0.2) is 5.16 Å². The molecule has 0 amide bonds. The first-order valence-corrected chi connectivity index (χ1v) is 3.50. The molecule has 0 spiro atoms. The maximum atomic E-state index is 8.30. The molecule has 0 radical (unpaired) electrons. The summed E-state index contributed by atoms with van der Waals surface area (Å²) in [7, 11) is 0. The van der Waals surface area contributed by atoms with Gasteiger partial charge in [-0.05, 0) is 20.8 Å². The van der Waals surface area contributed by atoms with Gasteiger partial charge < -0.3 is 14.7 Å². The summed E-state index contributed by atoms with van der Waals surface area (Å²) in [6, 6.07) is 0. The minimum absolute atomic E-state index is 0.421. The summed E-state index contributed by atoms with van der Waals surface area (Å²) in [4.78, 5) is 0. The van der Waals surface area contributed by atoms with E-state index in [4.69, 9.17) is 14.7 Å². The van der Waals surface area contributed by atoms with Gasteiger partial charge in [0.2, 0.25) is 0 Å². The molecule has 4 heteroatoms. The van der Waals surface area contributed by atoms with Gasteiger partial charge in [0.1, 0.15) is 5.60 Å². The third-order valence-electron chi connectivity index (χ3n) is 1.52. The van der Waals surface area contributed by atoms with E-state index in [1.54, 1.807) is 0 Å². The minimum atomic E-state index is -0.585. The van der Waals surface area contributed by atoms with Crippen molar-refractivity contribution in [3.8, 4) is 0 Å². The summed E-state index contributed by atoms with van der Waals surface area (Å²) in [6.07, 6.45) is 1.34. The first kappa shape index (κ1) is 8.49. The lowest BCUT2D eigenvalue weighted by molar-refractivity contribution is -0.144. The van der Waals surface area contributed by atoms with Gasteiger partial charge >= 0.3 is 0 Å². The summed E-state index contributed by atoms with van der Waals surface area (Å²) in [5.41, 5.74) is -0.585. The summed E-state index contributed by atoms with van der Waals surface area (Å²) in [6.45, 7) is 5.87. The molecule has 0 bridgehead atoms. The van der Waals surface area contributed by atoms with Crippen molar-refractivity contribution in [2.45, 2.75) is 32.2 Å². The standard InChI is InChI=1S/C7H13NO3/c1-6(2)10-5-7(3,11-6)4-8-9/h4,9H,5H2,1-3H3/b8-4+/t7-/m0/s1. The van der Waals surface area contributed by atoms with Crippen LogP contribution in [0.2, 0.25) is 0 Å². The summed E-state index contributed by atoms with van der Waals surface area (Å²) < 4.78 is 10.7. The Labute approximate surface area is 65.8 Å². The molecule has 1 rings (SSSR count). The lowest BCUT2D eigenvalue weighted by atomic mass is 10.1. The number of oxime groups is 1. The fourth-order valence-corrected chi connectivity index (χ4v) is 1.12. The predicted octanol–water partition coefficient (Wildman–Crippen LogP) is 0.988. The molecule has 0 unspecified atom stereocenters. The normalized spacial score (nSPS) is 36.6. The average Bonchev–Trinajstić information content (AvgIpc) is 2.07. The molecule has 64 valence electrons. The van der Waals surface area contributed by atoms with Crippen molar-refractivity contribution in [2.24, 2.45) is 5.16 Å². The summed E-state index contributed by atoms with van der Waals surface area (Å²) in [5.74, 6) is -0.573. The van der Waals surface area contributed by atoms with Crippen LogP contribution >= 0.6 is 0 Å². The largest absolute Gasteiger partial charge is 0.411 e. The Bertz CT molecular complexity index is 179. The van der Waals surface area contributed by atoms with Gasteiger partial charge in [-0.3, -0.25) is 0 Å². The van der Waals surface area contributed by atoms with Gasteiger partial charge in [0.15, 0.2) is 5.79 Å². The van der Waals surface area contributed by atoms with Crippen molar-refractivity contribution in [1.82, 2.24) is 0 Å². The Hall–Kier alpha value is -0.610. The molecular formula is C7H13NO3. The molecule has 1 atom stereocenters. The molecule has 1 saturated heterocycles. The molecular weight excluding hydrogens is 146 g/mol. The van der Waals surface area contributed by atoms with Crippen LogP contribution in [0.3, 0.4) is 0 Å². The highest BCUT2D eigenvalue weighted by Gasteiger charge is 2.40. The highest BCUT2D eigenvalue weighted by Crippen LogP contribution is 2.28. The van der Waals surface area contributed by atoms with Crippen molar-refractivity contribution >= 4 is 6.21 Å². The van der Waals surface area contributed by atoms with E-state index in [1.165, 1.54) is 6.21 Å². The van der Waals surface area contributed by atoms with Crippen LogP contribution in [0.25, 0.3) is 0 Å². The Morgan fingerprint density at radius 3 is 2.45 bits per heavy atom. The molecule has 1 heterocycles. The minimum Gasteiger partial charge on any atom is -0.411 e. The van der Waals surface area contributed by atoms with Crippen LogP contribution < -0.4 is 0 Å². The van der Waals surface area contributed by atoms with Crippen LogP contribution in [0.5, 0.6) is 0 Å². The lowest BCUT2D eigenvalue weighted by Gasteiger charge is -2.20. The highest BCUT2D eigenvalue weighted by molar-refractivity contribution is 5.68. The van der Waals surface area contributed by atoms with Crippen LogP contribution in [0.4, 0.5) is 0 Å². The lowest BCUT2D eigenvalue weighted by Crippen LogP contribution is -2.32. The molecule has 11 heavy (non-hydrogen) atoms. The molecule has 1 aliphatic heterocycles. The van der Waals surface area contributed by atoms with E-state index in [9.17, 15) is 0 Å². The second-order valence-electron chi connectivity index (χ2n) is 3.35. The van der Waals surface area contributed by atoms with E-state index in [-0.39, 0.29) is 0 Å². The monoisotopic (exact) mass is 159 g/mol. The first-order valence-electron chi connectivity index (χ1n) is 3.50. The molecule has 4 nitrogen and oxygen atoms in total. The second-order valence-corrected chi connectivity index (χ2v) is 3.35. The number of hydrogen-bond acceptors (Lipinski definition) is 4. The number of hydrogen-bond donors (Lipinski definition) is 1. The molecule has 0 aliphatic carbocycles. The van der Waals surface area contributed by atoms with Crippen LogP contribution in [0, 0.1) is 0 Å². The van der Waals surface area contributed by atoms with Gasteiger partial charge in [0.25, 0.3) is 0 Å². The summed E-state index contributed by atoms with van der Waals surface area (Å²) >= 11 is 0. The summed E-state index contributed by atoms with van der Waals surface area (Å²) in [5, 5.41) is 11.2. The third kappa shape index (κ3) is 1.91. The van der Waals surface area contributed by atoms with Crippen molar-refractivity contribution in [2.75, 3.05) is 6.61 Å². The Kier molecular flexibility index (Phi) is 1.90. The Morgan fingerprint density at radius 2 is 2.09 bits per heavy atom. The fourth-order valence-electron chi connectivity index (χ4n) is 1.12. The molecule has 0 aromatic carbocycles. The predicted molar refractivity (Wildman–Crippen MR) is 39.8 cm³/mol. The quantitative estimate of drug-likeness (QED) is 0.352. The van der Waals surface area contributed by atoms with Crippen LogP contribution in [-0.2, 0) is 9.47 Å². The number of rotatable bonds is 1. The Morgan fingerprint density at radius 1 is 1.45 bits per heavy atom. The van der Waals surface area contributed by atoms with Gasteiger partial charge in [-0.1, -0.05) is 5.16 Å². The smallest absolute Gasteiger partial charge is 0.164 e. The van der Waals surface area contributed by atoms with Crippen molar-refractivity contribution in [1.29, 1.82) is 0 Å². The van der Waals surface area contributed by atoms with E-state index in [2.05, 4.69) is 5.16 Å². The zero-order chi connectivity index (χ0) is 8.54. The average molecular weight is 159 g/mol. The van der Waals surface area contributed by atoms with Crippen molar-refractivity contribution < 1.29 is 14.7 Å². The molecule has 0 saturated carbocycles. The molecule has 0 aromatic heterocycles. The van der Waals surface area contributed by atoms with Gasteiger partial charge in [-0.15, -0.1) is 0 Å². The van der Waals surface area contributed by atoms with Gasteiger partial charge in [-0.2, -0.15) is 0 Å². The topological polar surface area (TPSA) is 51.0 Å². The van der Waals surface area contributed by atoms with Gasteiger partial charge in [-0.25, -0.2) is 0 Å². The first-order chi connectivity index (χ1) is 4.97. The van der Waals surface area contributed by atoms with Crippen molar-refractivity contribution in [3.63, 3.8) is 0 Å². The fraction of sp³-hybridized carbons (Fsp3) is 0.857. The van der Waals surface area contributed by atoms with Gasteiger partial charge in [0.05, 0.1) is 12.8 Å². The third-order valence-corrected chi connectivity index (χ3v) is 1.52. The van der Waals surface area contributed by atoms with E-state index >= 15 is 0 Å². The van der Waals surface area contributed by atoms with E-state index in [0.29, 0.717) is 6.61 Å². The highest BCUT2D eigenvalue weighted by atomic mass is 16.8. The molecule has 1 N–H and O–H groups in total. The molecule has 1 fully saturated rings. The Balaban J connectivity index is 2.65. The molecule has 1 aliphatic rings. The van der Waals surface area contributed by atoms with Crippen LogP contribution in [-0.4, -0.2) is 29.4 Å². The number of nitrogens with zero attached hydrogens (tertiary/aromatic N) is 1. The zero-order valence-electron chi connectivity index (χ0n) is 7.00. The van der Waals surface area contributed by atoms with Crippen molar-refractivity contribution in [3.05, 3.63) is 0 Å². The van der Waals surface area contributed by atoms with E-state index < -0.39 is 11.4 Å². The van der Waals surface area contributed by atoms with Gasteiger partial charge in [0, 0.05) is 0 Å². The van der Waals surface area contributed by atoms with E-state index in [0.717, 1.165) is 0 Å². The maximum Gasteiger partial charge on any atom is 0.164 e. The number of ether oxygens (including phenoxy) is 2. The van der Waals surface area contributed by atoms with Crippen LogP contribution in [0.1, 0.15) is 20.8 Å². The zero-order valence-corrected chi connectivity index (χ0v) is 7.00. The van der Waals surface area contributed by atoms with E-state index in [1.807, 2.05) is 20.8 Å². The second kappa shape index (κ2) is 2.46. The molecule has 0 aromatic rings. The maximum absolute atomic E-state index is 8.30.